The van der Waals surface area contributed by atoms with Crippen molar-refractivity contribution < 1.29 is 9.53 Å². The van der Waals surface area contributed by atoms with Crippen molar-refractivity contribution in [2.45, 2.75) is 32.3 Å². The number of nitrogens with zero attached hydrogens (tertiary/aromatic N) is 1. The first-order valence-electron chi connectivity index (χ1n) is 5.19. The maximum Gasteiger partial charge on any atom is 0.228 e. The highest BCUT2D eigenvalue weighted by molar-refractivity contribution is 5.80. The summed E-state index contributed by atoms with van der Waals surface area (Å²) in [5.41, 5.74) is 0. The number of hydrogen-bond donors (Lipinski definition) is 0. The van der Waals surface area contributed by atoms with Crippen LogP contribution in [-0.2, 0) is 9.53 Å². The Morgan fingerprint density at radius 3 is 2.69 bits per heavy atom. The van der Waals surface area contributed by atoms with Crippen LogP contribution >= 0.6 is 0 Å². The van der Waals surface area contributed by atoms with Gasteiger partial charge in [0.15, 0.2) is 0 Å². The second-order valence-corrected chi connectivity index (χ2v) is 4.00. The monoisotopic (exact) mass is 183 g/mol. The number of hydrogen-bond acceptors (Lipinski definition) is 2. The fourth-order valence-corrected chi connectivity index (χ4v) is 2.02. The van der Waals surface area contributed by atoms with Crippen LogP contribution in [0.2, 0.25) is 0 Å². The minimum absolute atomic E-state index is 0.127. The van der Waals surface area contributed by atoms with Crippen LogP contribution in [-0.4, -0.2) is 36.6 Å². The van der Waals surface area contributed by atoms with Gasteiger partial charge in [-0.25, -0.2) is 0 Å². The lowest BCUT2D eigenvalue weighted by atomic mass is 9.93. The maximum atomic E-state index is 11.8. The van der Waals surface area contributed by atoms with E-state index < -0.39 is 0 Å². The molecular weight excluding hydrogens is 166 g/mol. The molecule has 2 unspecified atom stereocenters. The van der Waals surface area contributed by atoms with Crippen LogP contribution in [0.1, 0.15) is 26.2 Å². The van der Waals surface area contributed by atoms with E-state index in [0.717, 1.165) is 32.5 Å². The average Bonchev–Trinajstić information content (AvgIpc) is 2.01. The van der Waals surface area contributed by atoms with Crippen LogP contribution in [0.5, 0.6) is 0 Å². The molecule has 0 bridgehead atoms. The Bertz CT molecular complexity index is 201. The molecule has 0 spiro atoms. The summed E-state index contributed by atoms with van der Waals surface area (Å²) in [5.74, 6) is 0.451. The molecule has 1 amide bonds. The van der Waals surface area contributed by atoms with E-state index in [1.54, 1.807) is 0 Å². The van der Waals surface area contributed by atoms with Gasteiger partial charge in [-0.2, -0.15) is 0 Å². The zero-order chi connectivity index (χ0) is 9.26. The van der Waals surface area contributed by atoms with Crippen LogP contribution < -0.4 is 0 Å². The fourth-order valence-electron chi connectivity index (χ4n) is 2.02. The lowest BCUT2D eigenvalue weighted by molar-refractivity contribution is -0.147. The first kappa shape index (κ1) is 9.00. The number of likely N-dealkylation sites (tertiary alicyclic amines) is 1. The Morgan fingerprint density at radius 1 is 1.38 bits per heavy atom. The van der Waals surface area contributed by atoms with Crippen molar-refractivity contribution in [1.82, 2.24) is 4.90 Å². The lowest BCUT2D eigenvalue weighted by Gasteiger charge is -2.37. The highest BCUT2D eigenvalue weighted by atomic mass is 16.5. The van der Waals surface area contributed by atoms with Gasteiger partial charge in [0.25, 0.3) is 0 Å². The minimum Gasteiger partial charge on any atom is -0.378 e. The summed E-state index contributed by atoms with van der Waals surface area (Å²) >= 11 is 0. The molecule has 2 saturated heterocycles. The van der Waals surface area contributed by atoms with Crippen LogP contribution in [0.4, 0.5) is 0 Å². The molecule has 0 radical (unpaired) electrons. The van der Waals surface area contributed by atoms with Gasteiger partial charge < -0.3 is 9.64 Å². The van der Waals surface area contributed by atoms with Gasteiger partial charge in [0, 0.05) is 19.7 Å². The molecule has 0 aromatic carbocycles. The average molecular weight is 183 g/mol. The largest absolute Gasteiger partial charge is 0.378 e. The van der Waals surface area contributed by atoms with Crippen molar-refractivity contribution in [1.29, 1.82) is 0 Å². The lowest BCUT2D eigenvalue weighted by Crippen LogP contribution is -2.48. The molecule has 74 valence electrons. The van der Waals surface area contributed by atoms with E-state index in [2.05, 4.69) is 0 Å². The molecule has 2 atom stereocenters. The van der Waals surface area contributed by atoms with Gasteiger partial charge in [-0.15, -0.1) is 0 Å². The van der Waals surface area contributed by atoms with E-state index in [9.17, 15) is 4.79 Å². The van der Waals surface area contributed by atoms with Gasteiger partial charge in [0.2, 0.25) is 5.91 Å². The first-order valence-corrected chi connectivity index (χ1v) is 5.19. The molecule has 0 aromatic heterocycles. The molecule has 13 heavy (non-hydrogen) atoms. The van der Waals surface area contributed by atoms with Crippen molar-refractivity contribution in [3.05, 3.63) is 0 Å². The normalized spacial score (nSPS) is 34.1. The SMILES string of the molecule is CC1OCCCC1C(=O)N1CCC1. The van der Waals surface area contributed by atoms with Crippen LogP contribution in [0.3, 0.4) is 0 Å². The number of rotatable bonds is 1. The molecule has 0 N–H and O–H groups in total. The summed E-state index contributed by atoms with van der Waals surface area (Å²) in [4.78, 5) is 13.8. The fraction of sp³-hybridized carbons (Fsp3) is 0.900. The van der Waals surface area contributed by atoms with Gasteiger partial charge in [0.05, 0.1) is 12.0 Å². The minimum atomic E-state index is 0.127. The van der Waals surface area contributed by atoms with E-state index in [0.29, 0.717) is 5.91 Å². The molecular formula is C10H17NO2. The summed E-state index contributed by atoms with van der Waals surface area (Å²) in [7, 11) is 0. The Hall–Kier alpha value is -0.570. The summed E-state index contributed by atoms with van der Waals surface area (Å²) in [6, 6.07) is 0. The van der Waals surface area contributed by atoms with Gasteiger partial charge >= 0.3 is 0 Å². The molecule has 3 nitrogen and oxygen atoms in total. The number of amides is 1. The predicted molar refractivity (Wildman–Crippen MR) is 49.3 cm³/mol. The van der Waals surface area contributed by atoms with Crippen molar-refractivity contribution in [2.75, 3.05) is 19.7 Å². The van der Waals surface area contributed by atoms with E-state index in [-0.39, 0.29) is 12.0 Å². The van der Waals surface area contributed by atoms with Crippen LogP contribution in [0, 0.1) is 5.92 Å². The van der Waals surface area contributed by atoms with Crippen molar-refractivity contribution in [3.8, 4) is 0 Å². The molecule has 0 aromatic rings. The summed E-state index contributed by atoms with van der Waals surface area (Å²) in [5, 5.41) is 0. The van der Waals surface area contributed by atoms with Crippen molar-refractivity contribution in [3.63, 3.8) is 0 Å². The van der Waals surface area contributed by atoms with Gasteiger partial charge in [-0.05, 0) is 26.2 Å². The van der Waals surface area contributed by atoms with Crippen LogP contribution in [0.25, 0.3) is 0 Å². The molecule has 2 fully saturated rings. The molecule has 3 heteroatoms. The number of carbonyl (C=O) groups excluding carboxylic acids is 1. The van der Waals surface area contributed by atoms with Gasteiger partial charge in [-0.3, -0.25) is 4.79 Å². The van der Waals surface area contributed by atoms with E-state index in [1.807, 2.05) is 11.8 Å². The maximum absolute atomic E-state index is 11.8. The predicted octanol–water partition coefficient (Wildman–Crippen LogP) is 1.03. The summed E-state index contributed by atoms with van der Waals surface area (Å²) in [6.45, 7) is 4.76. The third-order valence-corrected chi connectivity index (χ3v) is 3.09. The van der Waals surface area contributed by atoms with Gasteiger partial charge in [0.1, 0.15) is 0 Å². The quantitative estimate of drug-likeness (QED) is 0.607. The second kappa shape index (κ2) is 3.66. The zero-order valence-electron chi connectivity index (χ0n) is 8.16. The molecule has 2 aliphatic heterocycles. The standard InChI is InChI=1S/C10H17NO2/c1-8-9(4-2-7-13-8)10(12)11-5-3-6-11/h8-9H,2-7H2,1H3. The molecule has 2 aliphatic rings. The number of carbonyl (C=O) groups is 1. The third-order valence-electron chi connectivity index (χ3n) is 3.09. The Balaban J connectivity index is 1.93. The molecule has 0 saturated carbocycles. The molecule has 0 aliphatic carbocycles. The zero-order valence-corrected chi connectivity index (χ0v) is 8.16. The van der Waals surface area contributed by atoms with Gasteiger partial charge in [-0.1, -0.05) is 0 Å². The van der Waals surface area contributed by atoms with Crippen molar-refractivity contribution in [2.24, 2.45) is 5.92 Å². The second-order valence-electron chi connectivity index (χ2n) is 4.00. The summed E-state index contributed by atoms with van der Waals surface area (Å²) in [6.07, 6.45) is 3.35. The Kier molecular flexibility index (Phi) is 2.54. The highest BCUT2D eigenvalue weighted by Gasteiger charge is 2.33. The number of ether oxygens (including phenoxy) is 1. The topological polar surface area (TPSA) is 29.5 Å². The van der Waals surface area contributed by atoms with E-state index >= 15 is 0 Å². The first-order chi connectivity index (χ1) is 6.29. The Labute approximate surface area is 79.0 Å². The van der Waals surface area contributed by atoms with Crippen LogP contribution in [0.15, 0.2) is 0 Å². The smallest absolute Gasteiger partial charge is 0.228 e. The molecule has 2 rings (SSSR count). The van der Waals surface area contributed by atoms with E-state index in [4.69, 9.17) is 4.74 Å². The van der Waals surface area contributed by atoms with E-state index in [1.165, 1.54) is 6.42 Å². The summed E-state index contributed by atoms with van der Waals surface area (Å²) < 4.78 is 5.48. The molecule has 2 heterocycles. The Morgan fingerprint density at radius 2 is 2.15 bits per heavy atom. The van der Waals surface area contributed by atoms with Crippen molar-refractivity contribution >= 4 is 5.91 Å². The third kappa shape index (κ3) is 1.70. The highest BCUT2D eigenvalue weighted by Crippen LogP contribution is 2.24.